The molecule has 3 unspecified atom stereocenters. The Labute approximate surface area is 167 Å². The lowest BCUT2D eigenvalue weighted by Crippen LogP contribution is -2.42. The number of aromatic nitrogens is 2. The minimum atomic E-state index is -0.786. The molecule has 2 aliphatic heterocycles. The number of ether oxygens (including phenoxy) is 1. The Morgan fingerprint density at radius 2 is 2.00 bits per heavy atom. The number of allylic oxidation sites excluding steroid dienone is 1. The van der Waals surface area contributed by atoms with Gasteiger partial charge in [0.25, 0.3) is 5.56 Å². The lowest BCUT2D eigenvalue weighted by molar-refractivity contribution is 0.0342. The molecule has 152 valence electrons. The predicted molar refractivity (Wildman–Crippen MR) is 106 cm³/mol. The highest BCUT2D eigenvalue weighted by Crippen LogP contribution is 2.30. The van der Waals surface area contributed by atoms with Gasteiger partial charge in [-0.05, 0) is 12.1 Å². The number of aliphatic imine (C=N–C) groups is 1. The fourth-order valence-corrected chi connectivity index (χ4v) is 3.79. The number of rotatable bonds is 3. The highest BCUT2D eigenvalue weighted by Gasteiger charge is 2.30. The van der Waals surface area contributed by atoms with Crippen LogP contribution in [0.4, 0.5) is 14.7 Å². The molecule has 0 aliphatic carbocycles. The standard InChI is InChI=1S/C21H22F2N4O2/c1-13-11-24-7-6-14(13)17-10-19(28)26(2)21(25-17)27-8-9-29-18(12-27)20-15(22)4-3-5-16(20)23/h3-7,10-11,13-14,18H,8-9,12H2,1-2H3. The second kappa shape index (κ2) is 7.87. The number of hydrogen-bond donors (Lipinski definition) is 0. The summed E-state index contributed by atoms with van der Waals surface area (Å²) < 4.78 is 35.6. The lowest BCUT2D eigenvalue weighted by atomic mass is 9.90. The van der Waals surface area contributed by atoms with Gasteiger partial charge in [-0.2, -0.15) is 0 Å². The molecule has 0 spiro atoms. The van der Waals surface area contributed by atoms with Crippen LogP contribution in [0, 0.1) is 17.6 Å². The van der Waals surface area contributed by atoms with E-state index >= 15 is 0 Å². The van der Waals surface area contributed by atoms with E-state index in [-0.39, 0.29) is 36.1 Å². The van der Waals surface area contributed by atoms with Crippen molar-refractivity contribution in [2.75, 3.05) is 24.6 Å². The maximum atomic E-state index is 14.2. The Morgan fingerprint density at radius 1 is 1.24 bits per heavy atom. The molecule has 3 atom stereocenters. The van der Waals surface area contributed by atoms with Crippen molar-refractivity contribution in [1.82, 2.24) is 9.55 Å². The van der Waals surface area contributed by atoms with Crippen molar-refractivity contribution in [3.8, 4) is 0 Å². The highest BCUT2D eigenvalue weighted by molar-refractivity contribution is 5.64. The molecule has 6 nitrogen and oxygen atoms in total. The first-order valence-corrected chi connectivity index (χ1v) is 9.54. The largest absolute Gasteiger partial charge is 0.370 e. The molecule has 2 aliphatic rings. The van der Waals surface area contributed by atoms with E-state index in [0.29, 0.717) is 18.2 Å². The van der Waals surface area contributed by atoms with Gasteiger partial charge in [0.1, 0.15) is 17.7 Å². The normalized spacial score (nSPS) is 24.1. The maximum absolute atomic E-state index is 14.2. The smallest absolute Gasteiger partial charge is 0.254 e. The molecule has 0 N–H and O–H groups in total. The number of benzene rings is 1. The predicted octanol–water partition coefficient (Wildman–Crippen LogP) is 2.95. The summed E-state index contributed by atoms with van der Waals surface area (Å²) in [6, 6.07) is 5.29. The molecule has 0 saturated carbocycles. The van der Waals surface area contributed by atoms with Crippen LogP contribution < -0.4 is 10.5 Å². The van der Waals surface area contributed by atoms with Crippen LogP contribution in [0.5, 0.6) is 0 Å². The van der Waals surface area contributed by atoms with Gasteiger partial charge < -0.3 is 9.64 Å². The first kappa shape index (κ1) is 19.4. The van der Waals surface area contributed by atoms with Gasteiger partial charge in [0.05, 0.1) is 24.4 Å². The quantitative estimate of drug-likeness (QED) is 0.795. The number of anilines is 1. The SMILES string of the molecule is CC1C=NC=CC1c1cc(=O)n(C)c(N2CCOC(c3c(F)cccc3F)C2)n1. The van der Waals surface area contributed by atoms with Crippen molar-refractivity contribution >= 4 is 12.2 Å². The minimum Gasteiger partial charge on any atom is -0.370 e. The fraction of sp³-hybridized carbons (Fsp3) is 0.381. The monoisotopic (exact) mass is 400 g/mol. The van der Waals surface area contributed by atoms with Gasteiger partial charge in [0, 0.05) is 43.9 Å². The molecule has 0 bridgehead atoms. The van der Waals surface area contributed by atoms with Gasteiger partial charge in [0.2, 0.25) is 5.95 Å². The van der Waals surface area contributed by atoms with E-state index in [2.05, 4.69) is 4.99 Å². The molecule has 1 saturated heterocycles. The summed E-state index contributed by atoms with van der Waals surface area (Å²) in [6.07, 6.45) is 4.67. The van der Waals surface area contributed by atoms with E-state index in [1.807, 2.05) is 24.1 Å². The number of morpholine rings is 1. The van der Waals surface area contributed by atoms with Gasteiger partial charge in [-0.25, -0.2) is 13.8 Å². The summed E-state index contributed by atoms with van der Waals surface area (Å²) in [6.45, 7) is 2.94. The Balaban J connectivity index is 1.68. The molecule has 3 heterocycles. The Hall–Kier alpha value is -2.87. The van der Waals surface area contributed by atoms with Crippen LogP contribution in [0.25, 0.3) is 0 Å². The lowest BCUT2D eigenvalue weighted by Gasteiger charge is -2.35. The molecule has 1 aromatic heterocycles. The third-order valence-corrected chi connectivity index (χ3v) is 5.41. The molecular weight excluding hydrogens is 378 g/mol. The maximum Gasteiger partial charge on any atom is 0.254 e. The second-order valence-corrected chi connectivity index (χ2v) is 7.34. The number of nitrogens with zero attached hydrogens (tertiary/aromatic N) is 4. The van der Waals surface area contributed by atoms with Gasteiger partial charge in [0.15, 0.2) is 0 Å². The molecule has 0 radical (unpaired) electrons. The molecular formula is C21H22F2N4O2. The van der Waals surface area contributed by atoms with Gasteiger partial charge in [-0.15, -0.1) is 0 Å². The topological polar surface area (TPSA) is 59.7 Å². The van der Waals surface area contributed by atoms with E-state index < -0.39 is 17.7 Å². The Morgan fingerprint density at radius 3 is 2.72 bits per heavy atom. The summed E-state index contributed by atoms with van der Waals surface area (Å²) in [7, 11) is 1.64. The average Bonchev–Trinajstić information content (AvgIpc) is 2.70. The zero-order valence-corrected chi connectivity index (χ0v) is 16.3. The van der Waals surface area contributed by atoms with E-state index in [1.165, 1.54) is 28.8 Å². The van der Waals surface area contributed by atoms with Crippen LogP contribution in [0.2, 0.25) is 0 Å². The molecule has 2 aromatic rings. The minimum absolute atomic E-state index is 0.0546. The van der Waals surface area contributed by atoms with Crippen molar-refractivity contribution in [2.24, 2.45) is 18.0 Å². The van der Waals surface area contributed by atoms with Crippen LogP contribution >= 0.6 is 0 Å². The summed E-state index contributed by atoms with van der Waals surface area (Å²) >= 11 is 0. The summed E-state index contributed by atoms with van der Waals surface area (Å²) in [5.41, 5.74) is 0.366. The van der Waals surface area contributed by atoms with E-state index in [4.69, 9.17) is 9.72 Å². The van der Waals surface area contributed by atoms with Crippen LogP contribution in [-0.2, 0) is 11.8 Å². The van der Waals surface area contributed by atoms with Crippen molar-refractivity contribution in [2.45, 2.75) is 18.9 Å². The molecule has 1 fully saturated rings. The van der Waals surface area contributed by atoms with E-state index in [0.717, 1.165) is 0 Å². The molecule has 29 heavy (non-hydrogen) atoms. The molecule has 4 rings (SSSR count). The highest BCUT2D eigenvalue weighted by atomic mass is 19.1. The number of halogens is 2. The second-order valence-electron chi connectivity index (χ2n) is 7.34. The first-order valence-electron chi connectivity index (χ1n) is 9.54. The summed E-state index contributed by atoms with van der Waals surface area (Å²) in [5, 5.41) is 0. The van der Waals surface area contributed by atoms with Gasteiger partial charge in [-0.1, -0.05) is 19.1 Å². The molecule has 8 heteroatoms. The van der Waals surface area contributed by atoms with Crippen molar-refractivity contribution in [1.29, 1.82) is 0 Å². The zero-order chi connectivity index (χ0) is 20.5. The van der Waals surface area contributed by atoms with E-state index in [1.54, 1.807) is 13.2 Å². The zero-order valence-electron chi connectivity index (χ0n) is 16.3. The average molecular weight is 400 g/mol. The van der Waals surface area contributed by atoms with Crippen LogP contribution in [0.1, 0.15) is 30.2 Å². The Kier molecular flexibility index (Phi) is 5.27. The summed E-state index contributed by atoms with van der Waals surface area (Å²) in [4.78, 5) is 23.3. The van der Waals surface area contributed by atoms with Crippen molar-refractivity contribution in [3.63, 3.8) is 0 Å². The molecule has 1 aromatic carbocycles. The van der Waals surface area contributed by atoms with Crippen LogP contribution in [0.3, 0.4) is 0 Å². The van der Waals surface area contributed by atoms with Crippen LogP contribution in [-0.4, -0.2) is 35.5 Å². The number of hydrogen-bond acceptors (Lipinski definition) is 5. The first-order chi connectivity index (χ1) is 14.0. The van der Waals surface area contributed by atoms with Crippen molar-refractivity contribution < 1.29 is 13.5 Å². The third-order valence-electron chi connectivity index (χ3n) is 5.41. The van der Waals surface area contributed by atoms with Crippen molar-refractivity contribution in [3.05, 3.63) is 69.8 Å². The Bertz CT molecular complexity index is 1010. The fourth-order valence-electron chi connectivity index (χ4n) is 3.79. The van der Waals surface area contributed by atoms with Gasteiger partial charge in [-0.3, -0.25) is 14.4 Å². The van der Waals surface area contributed by atoms with Crippen LogP contribution in [0.15, 0.2) is 46.3 Å². The third kappa shape index (κ3) is 3.72. The van der Waals surface area contributed by atoms with Gasteiger partial charge >= 0.3 is 0 Å². The van der Waals surface area contributed by atoms with E-state index in [9.17, 15) is 13.6 Å². The summed E-state index contributed by atoms with van der Waals surface area (Å²) in [5.74, 6) is -0.778. The molecule has 0 amide bonds.